The number of ether oxygens (including phenoxy) is 3. The van der Waals surface area contributed by atoms with Crippen LogP contribution in [0.2, 0.25) is 0 Å². The van der Waals surface area contributed by atoms with Crippen LogP contribution in [0.5, 0.6) is 17.5 Å². The Hall–Kier alpha value is -3.99. The van der Waals surface area contributed by atoms with E-state index in [2.05, 4.69) is 4.98 Å². The van der Waals surface area contributed by atoms with E-state index in [1.165, 1.54) is 0 Å². The molecule has 2 N–H and O–H groups in total. The van der Waals surface area contributed by atoms with E-state index >= 15 is 0 Å². The highest BCUT2D eigenvalue weighted by molar-refractivity contribution is 5.73. The Labute approximate surface area is 188 Å². The summed E-state index contributed by atoms with van der Waals surface area (Å²) in [5, 5.41) is 0. The van der Waals surface area contributed by atoms with Crippen molar-refractivity contribution in [3.05, 3.63) is 102 Å². The maximum atomic E-state index is 6.14. The summed E-state index contributed by atoms with van der Waals surface area (Å²) in [6.45, 7) is 3.32. The minimum atomic E-state index is 0.392. The third-order valence-corrected chi connectivity index (χ3v) is 4.83. The molecule has 4 rings (SSSR count). The third kappa shape index (κ3) is 5.58. The van der Waals surface area contributed by atoms with Crippen LogP contribution in [-0.4, -0.2) is 11.6 Å². The zero-order chi connectivity index (χ0) is 22.2. The Kier molecular flexibility index (Phi) is 6.88. The highest BCUT2D eigenvalue weighted by Gasteiger charge is 2.13. The van der Waals surface area contributed by atoms with Gasteiger partial charge in [-0.3, -0.25) is 0 Å². The smallest absolute Gasteiger partial charge is 0.225 e. The Morgan fingerprint density at radius 1 is 0.719 bits per heavy atom. The molecule has 5 nitrogen and oxygen atoms in total. The lowest BCUT2D eigenvalue weighted by atomic mass is 10.1. The molecule has 0 unspecified atom stereocenters. The fourth-order valence-corrected chi connectivity index (χ4v) is 3.32. The normalized spacial score (nSPS) is 10.5. The molecule has 0 saturated carbocycles. The van der Waals surface area contributed by atoms with Gasteiger partial charge in [-0.05, 0) is 41.8 Å². The first-order valence-corrected chi connectivity index (χ1v) is 10.6. The van der Waals surface area contributed by atoms with Gasteiger partial charge in [-0.2, -0.15) is 4.98 Å². The fourth-order valence-electron chi connectivity index (χ4n) is 3.32. The quantitative estimate of drug-likeness (QED) is 0.338. The summed E-state index contributed by atoms with van der Waals surface area (Å²) >= 11 is 0. The van der Waals surface area contributed by atoms with Gasteiger partial charge < -0.3 is 19.9 Å². The highest BCUT2D eigenvalue weighted by atomic mass is 16.5. The average Bonchev–Trinajstić information content (AvgIpc) is 2.82. The SMILES string of the molecule is CCOc1cc(N)cc(-c2ccc(OCc3ccccc3)nc2OCc2ccccc2)c1. The molecule has 4 aromatic rings. The predicted molar refractivity (Wildman–Crippen MR) is 127 cm³/mol. The van der Waals surface area contributed by atoms with Gasteiger partial charge in [-0.25, -0.2) is 0 Å². The molecule has 3 aromatic carbocycles. The second-order valence-electron chi connectivity index (χ2n) is 7.27. The summed E-state index contributed by atoms with van der Waals surface area (Å²) in [4.78, 5) is 4.66. The van der Waals surface area contributed by atoms with Gasteiger partial charge in [0.05, 0.1) is 6.61 Å². The van der Waals surface area contributed by atoms with Crippen molar-refractivity contribution in [3.8, 4) is 28.6 Å². The summed E-state index contributed by atoms with van der Waals surface area (Å²) in [6, 6.07) is 29.4. The Bertz CT molecular complexity index is 1150. The molecule has 0 amide bonds. The van der Waals surface area contributed by atoms with Crippen molar-refractivity contribution in [3.63, 3.8) is 0 Å². The number of pyridine rings is 1. The van der Waals surface area contributed by atoms with Gasteiger partial charge in [0.15, 0.2) is 0 Å². The molecule has 0 aliphatic heterocycles. The minimum Gasteiger partial charge on any atom is -0.494 e. The van der Waals surface area contributed by atoms with E-state index in [1.54, 1.807) is 0 Å². The number of nitrogens with two attached hydrogens (primary N) is 1. The second kappa shape index (κ2) is 10.4. The molecular formula is C27H26N2O3. The summed E-state index contributed by atoms with van der Waals surface area (Å²) in [5.74, 6) is 1.68. The van der Waals surface area contributed by atoms with Crippen LogP contribution >= 0.6 is 0 Å². The molecule has 0 spiro atoms. The van der Waals surface area contributed by atoms with Crippen LogP contribution in [0, 0.1) is 0 Å². The molecule has 0 bridgehead atoms. The lowest BCUT2D eigenvalue weighted by molar-refractivity contribution is 0.268. The first kappa shape index (κ1) is 21.2. The summed E-state index contributed by atoms with van der Waals surface area (Å²) in [7, 11) is 0. The molecule has 0 fully saturated rings. The number of hydrogen-bond acceptors (Lipinski definition) is 5. The van der Waals surface area contributed by atoms with Crippen LogP contribution in [0.15, 0.2) is 91.0 Å². The lowest BCUT2D eigenvalue weighted by Gasteiger charge is -2.14. The minimum absolute atomic E-state index is 0.392. The zero-order valence-electron chi connectivity index (χ0n) is 18.0. The number of benzene rings is 3. The molecule has 0 saturated heterocycles. The molecule has 5 heteroatoms. The fraction of sp³-hybridized carbons (Fsp3) is 0.148. The van der Waals surface area contributed by atoms with E-state index in [4.69, 9.17) is 19.9 Å². The molecule has 1 heterocycles. The van der Waals surface area contributed by atoms with Crippen LogP contribution in [-0.2, 0) is 13.2 Å². The second-order valence-corrected chi connectivity index (χ2v) is 7.27. The summed E-state index contributed by atoms with van der Waals surface area (Å²) < 4.78 is 17.7. The van der Waals surface area contributed by atoms with Crippen LogP contribution in [0.25, 0.3) is 11.1 Å². The first-order valence-electron chi connectivity index (χ1n) is 10.6. The maximum absolute atomic E-state index is 6.14. The van der Waals surface area contributed by atoms with E-state index in [0.29, 0.717) is 43.0 Å². The van der Waals surface area contributed by atoms with Gasteiger partial charge >= 0.3 is 0 Å². The van der Waals surface area contributed by atoms with Gasteiger partial charge in [-0.1, -0.05) is 60.7 Å². The van der Waals surface area contributed by atoms with Gasteiger partial charge in [0.1, 0.15) is 19.0 Å². The van der Waals surface area contributed by atoms with Gasteiger partial charge in [0.25, 0.3) is 0 Å². The molecule has 1 aromatic heterocycles. The topological polar surface area (TPSA) is 66.6 Å². The van der Waals surface area contributed by atoms with Crippen LogP contribution in [0.3, 0.4) is 0 Å². The van der Waals surface area contributed by atoms with E-state index < -0.39 is 0 Å². The number of hydrogen-bond donors (Lipinski definition) is 1. The van der Waals surface area contributed by atoms with E-state index in [9.17, 15) is 0 Å². The number of nitrogen functional groups attached to an aromatic ring is 1. The summed E-state index contributed by atoms with van der Waals surface area (Å²) in [5.41, 5.74) is 10.6. The molecule has 0 aliphatic carbocycles. The zero-order valence-corrected chi connectivity index (χ0v) is 18.0. The van der Waals surface area contributed by atoms with Crippen molar-refractivity contribution in [2.24, 2.45) is 0 Å². The standard InChI is InChI=1S/C27H26N2O3/c1-2-30-24-16-22(15-23(28)17-24)25-13-14-26(31-18-20-9-5-3-6-10-20)29-27(25)32-19-21-11-7-4-8-12-21/h3-17H,2,18-19,28H2,1H3. The van der Waals surface area contributed by atoms with Crippen LogP contribution in [0.1, 0.15) is 18.1 Å². The number of rotatable bonds is 9. The molecule has 0 atom stereocenters. The molecule has 0 radical (unpaired) electrons. The average molecular weight is 427 g/mol. The van der Waals surface area contributed by atoms with E-state index in [1.807, 2.05) is 97.9 Å². The Morgan fingerprint density at radius 3 is 2.03 bits per heavy atom. The highest BCUT2D eigenvalue weighted by Crippen LogP contribution is 2.34. The number of anilines is 1. The van der Waals surface area contributed by atoms with Crippen molar-refractivity contribution < 1.29 is 14.2 Å². The van der Waals surface area contributed by atoms with Crippen molar-refractivity contribution in [1.29, 1.82) is 0 Å². The number of nitrogens with zero attached hydrogens (tertiary/aromatic N) is 1. The van der Waals surface area contributed by atoms with Crippen molar-refractivity contribution in [1.82, 2.24) is 4.98 Å². The predicted octanol–water partition coefficient (Wildman–Crippen LogP) is 5.89. The molecule has 32 heavy (non-hydrogen) atoms. The van der Waals surface area contributed by atoms with Gasteiger partial charge in [0.2, 0.25) is 11.8 Å². The Morgan fingerprint density at radius 2 is 1.38 bits per heavy atom. The maximum Gasteiger partial charge on any atom is 0.225 e. The monoisotopic (exact) mass is 426 g/mol. The first-order chi connectivity index (χ1) is 15.7. The van der Waals surface area contributed by atoms with E-state index in [-0.39, 0.29) is 0 Å². The van der Waals surface area contributed by atoms with Crippen LogP contribution in [0.4, 0.5) is 5.69 Å². The van der Waals surface area contributed by atoms with Gasteiger partial charge in [0, 0.05) is 23.4 Å². The van der Waals surface area contributed by atoms with E-state index in [0.717, 1.165) is 22.3 Å². The van der Waals surface area contributed by atoms with Crippen molar-refractivity contribution in [2.45, 2.75) is 20.1 Å². The van der Waals surface area contributed by atoms with Crippen molar-refractivity contribution >= 4 is 5.69 Å². The number of aromatic nitrogens is 1. The third-order valence-electron chi connectivity index (χ3n) is 4.83. The largest absolute Gasteiger partial charge is 0.494 e. The molecule has 0 aliphatic rings. The van der Waals surface area contributed by atoms with Crippen LogP contribution < -0.4 is 19.9 Å². The lowest BCUT2D eigenvalue weighted by Crippen LogP contribution is -2.03. The van der Waals surface area contributed by atoms with Gasteiger partial charge in [-0.15, -0.1) is 0 Å². The van der Waals surface area contributed by atoms with Crippen molar-refractivity contribution in [2.75, 3.05) is 12.3 Å². The Balaban J connectivity index is 1.63. The summed E-state index contributed by atoms with van der Waals surface area (Å²) in [6.07, 6.45) is 0. The molecular weight excluding hydrogens is 400 g/mol. The molecule has 162 valence electrons.